The Kier molecular flexibility index (Phi) is 4.53. The first-order chi connectivity index (χ1) is 9.06. The van der Waals surface area contributed by atoms with Crippen LogP contribution in [0.15, 0.2) is 18.2 Å². The Morgan fingerprint density at radius 2 is 2.26 bits per heavy atom. The summed E-state index contributed by atoms with van der Waals surface area (Å²) in [7, 11) is 1.73. The number of nitrogens with one attached hydrogen (secondary N) is 1. The largest absolute Gasteiger partial charge is 0.376 e. The molecule has 0 bridgehead atoms. The van der Waals surface area contributed by atoms with E-state index in [0.717, 1.165) is 29.1 Å². The lowest BCUT2D eigenvalue weighted by molar-refractivity contribution is 0.0137. The van der Waals surface area contributed by atoms with Gasteiger partial charge < -0.3 is 10.1 Å². The van der Waals surface area contributed by atoms with Crippen LogP contribution in [0.2, 0.25) is 0 Å². The molecular formula is C15H21NO2S. The Hall–Kier alpha value is -1.00. The highest BCUT2D eigenvalue weighted by atomic mass is 32.2. The van der Waals surface area contributed by atoms with Crippen LogP contribution in [0.4, 0.5) is 0 Å². The quantitative estimate of drug-likeness (QED) is 0.920. The number of benzene rings is 1. The Morgan fingerprint density at radius 3 is 2.84 bits per heavy atom. The summed E-state index contributed by atoms with van der Waals surface area (Å²) in [5, 5.41) is 3.02. The summed E-state index contributed by atoms with van der Waals surface area (Å²) < 4.78 is 5.60. The van der Waals surface area contributed by atoms with E-state index < -0.39 is 0 Å². The topological polar surface area (TPSA) is 38.3 Å². The zero-order valence-corrected chi connectivity index (χ0v) is 12.6. The Bertz CT molecular complexity index is 467. The van der Waals surface area contributed by atoms with Gasteiger partial charge in [-0.3, -0.25) is 4.79 Å². The number of hydrogen-bond donors (Lipinski definition) is 1. The molecule has 104 valence electrons. The fraction of sp³-hybridized carbons (Fsp3) is 0.533. The highest BCUT2D eigenvalue weighted by Crippen LogP contribution is 2.30. The molecule has 0 spiro atoms. The number of thioether (sulfide) groups is 1. The number of hydrogen-bond acceptors (Lipinski definition) is 3. The molecule has 3 nitrogen and oxygen atoms in total. The Balaban J connectivity index is 2.01. The standard InChI is InChI=1S/C15H21NO2S/c1-11-4-5-13(12(2)8-11)14(17)16-9-15(18-3)6-7-19-10-15/h4-5,8H,6-7,9-10H2,1-3H3,(H,16,17). The van der Waals surface area contributed by atoms with Gasteiger partial charge in [0.15, 0.2) is 0 Å². The summed E-state index contributed by atoms with van der Waals surface area (Å²) in [6.45, 7) is 4.59. The van der Waals surface area contributed by atoms with Crippen LogP contribution in [0.5, 0.6) is 0 Å². The van der Waals surface area contributed by atoms with E-state index in [1.54, 1.807) is 7.11 Å². The molecule has 1 unspecified atom stereocenters. The van der Waals surface area contributed by atoms with Gasteiger partial charge >= 0.3 is 0 Å². The molecule has 2 rings (SSSR count). The molecule has 1 aliphatic heterocycles. The Labute approximate surface area is 119 Å². The van der Waals surface area contributed by atoms with Crippen LogP contribution in [0.25, 0.3) is 0 Å². The first-order valence-electron chi connectivity index (χ1n) is 6.55. The van der Waals surface area contributed by atoms with Crippen molar-refractivity contribution in [2.24, 2.45) is 0 Å². The van der Waals surface area contributed by atoms with E-state index in [1.807, 2.05) is 43.8 Å². The molecule has 0 aliphatic carbocycles. The van der Waals surface area contributed by atoms with Crippen LogP contribution in [0.1, 0.15) is 27.9 Å². The average molecular weight is 279 g/mol. The van der Waals surface area contributed by atoms with Gasteiger partial charge in [0.25, 0.3) is 5.91 Å². The summed E-state index contributed by atoms with van der Waals surface area (Å²) in [5.74, 6) is 2.05. The number of rotatable bonds is 4. The molecule has 1 heterocycles. The van der Waals surface area contributed by atoms with E-state index in [0.29, 0.717) is 6.54 Å². The zero-order chi connectivity index (χ0) is 13.9. The van der Waals surface area contributed by atoms with Crippen molar-refractivity contribution in [3.63, 3.8) is 0 Å². The second kappa shape index (κ2) is 5.97. The maximum Gasteiger partial charge on any atom is 0.251 e. The van der Waals surface area contributed by atoms with Crippen LogP contribution >= 0.6 is 11.8 Å². The van der Waals surface area contributed by atoms with Crippen molar-refractivity contribution in [3.05, 3.63) is 34.9 Å². The third kappa shape index (κ3) is 3.31. The normalized spacial score (nSPS) is 22.5. The number of carbonyl (C=O) groups excluding carboxylic acids is 1. The van der Waals surface area contributed by atoms with Crippen molar-refractivity contribution in [2.75, 3.05) is 25.2 Å². The monoisotopic (exact) mass is 279 g/mol. The fourth-order valence-corrected chi connectivity index (χ4v) is 3.76. The molecule has 1 saturated heterocycles. The minimum atomic E-state index is -0.182. The van der Waals surface area contributed by atoms with Gasteiger partial charge in [-0.15, -0.1) is 0 Å². The van der Waals surface area contributed by atoms with Crippen LogP contribution in [-0.2, 0) is 4.74 Å². The maximum absolute atomic E-state index is 12.2. The van der Waals surface area contributed by atoms with Gasteiger partial charge in [-0.2, -0.15) is 11.8 Å². The summed E-state index contributed by atoms with van der Waals surface area (Å²) in [6, 6.07) is 5.90. The maximum atomic E-state index is 12.2. The minimum absolute atomic E-state index is 0.00850. The first kappa shape index (κ1) is 14.4. The number of ether oxygens (including phenoxy) is 1. The lowest BCUT2D eigenvalue weighted by Gasteiger charge is -2.26. The summed E-state index contributed by atoms with van der Waals surface area (Å²) >= 11 is 1.88. The molecule has 1 amide bonds. The van der Waals surface area contributed by atoms with Crippen molar-refractivity contribution >= 4 is 17.7 Å². The molecule has 1 aliphatic rings. The molecule has 4 heteroatoms. The molecule has 1 aromatic rings. The molecule has 19 heavy (non-hydrogen) atoms. The third-order valence-electron chi connectivity index (χ3n) is 3.70. The van der Waals surface area contributed by atoms with E-state index in [9.17, 15) is 4.79 Å². The zero-order valence-electron chi connectivity index (χ0n) is 11.8. The number of methoxy groups -OCH3 is 1. The van der Waals surface area contributed by atoms with E-state index in [1.165, 1.54) is 5.56 Å². The van der Waals surface area contributed by atoms with Crippen LogP contribution in [0, 0.1) is 13.8 Å². The van der Waals surface area contributed by atoms with Crippen LogP contribution < -0.4 is 5.32 Å². The molecule has 1 atom stereocenters. The fourth-order valence-electron chi connectivity index (χ4n) is 2.37. The van der Waals surface area contributed by atoms with Crippen LogP contribution in [-0.4, -0.2) is 36.7 Å². The third-order valence-corrected chi connectivity index (χ3v) is 4.92. The molecule has 1 fully saturated rings. The van der Waals surface area contributed by atoms with Crippen molar-refractivity contribution in [1.82, 2.24) is 5.32 Å². The van der Waals surface area contributed by atoms with E-state index in [4.69, 9.17) is 4.74 Å². The lowest BCUT2D eigenvalue weighted by Crippen LogP contribution is -2.44. The highest BCUT2D eigenvalue weighted by molar-refractivity contribution is 7.99. The van der Waals surface area contributed by atoms with E-state index in [-0.39, 0.29) is 11.5 Å². The summed E-state index contributed by atoms with van der Waals surface area (Å²) in [6.07, 6.45) is 1.00. The van der Waals surface area contributed by atoms with Crippen LogP contribution in [0.3, 0.4) is 0 Å². The molecule has 1 N–H and O–H groups in total. The SMILES string of the molecule is COC1(CNC(=O)c2ccc(C)cc2C)CCSC1. The van der Waals surface area contributed by atoms with Gasteiger partial charge in [-0.1, -0.05) is 17.7 Å². The highest BCUT2D eigenvalue weighted by Gasteiger charge is 2.34. The van der Waals surface area contributed by atoms with Gasteiger partial charge in [0.05, 0.1) is 5.60 Å². The van der Waals surface area contributed by atoms with Crippen molar-refractivity contribution in [2.45, 2.75) is 25.9 Å². The lowest BCUT2D eigenvalue weighted by atomic mass is 10.0. The second-order valence-electron chi connectivity index (χ2n) is 5.19. The molecule has 0 saturated carbocycles. The van der Waals surface area contributed by atoms with Gasteiger partial charge in [-0.05, 0) is 37.7 Å². The first-order valence-corrected chi connectivity index (χ1v) is 7.70. The predicted molar refractivity (Wildman–Crippen MR) is 79.9 cm³/mol. The molecule has 0 aromatic heterocycles. The second-order valence-corrected chi connectivity index (χ2v) is 6.30. The summed E-state index contributed by atoms with van der Waals surface area (Å²) in [4.78, 5) is 12.2. The minimum Gasteiger partial charge on any atom is -0.376 e. The number of amides is 1. The summed E-state index contributed by atoms with van der Waals surface area (Å²) in [5.41, 5.74) is 2.76. The number of carbonyl (C=O) groups is 1. The molecule has 0 radical (unpaired) electrons. The van der Waals surface area contributed by atoms with Crippen molar-refractivity contribution in [3.8, 4) is 0 Å². The van der Waals surface area contributed by atoms with Gasteiger partial charge in [0, 0.05) is 25.0 Å². The van der Waals surface area contributed by atoms with Gasteiger partial charge in [0.2, 0.25) is 0 Å². The van der Waals surface area contributed by atoms with Crippen molar-refractivity contribution < 1.29 is 9.53 Å². The molecular weight excluding hydrogens is 258 g/mol. The van der Waals surface area contributed by atoms with Gasteiger partial charge in [0.1, 0.15) is 0 Å². The van der Waals surface area contributed by atoms with Gasteiger partial charge in [-0.25, -0.2) is 0 Å². The number of aryl methyl sites for hydroxylation is 2. The molecule has 1 aromatic carbocycles. The Morgan fingerprint density at radius 1 is 1.47 bits per heavy atom. The predicted octanol–water partition coefficient (Wildman–Crippen LogP) is 2.56. The average Bonchev–Trinajstić information content (AvgIpc) is 2.85. The van der Waals surface area contributed by atoms with Crippen molar-refractivity contribution in [1.29, 1.82) is 0 Å². The van der Waals surface area contributed by atoms with E-state index in [2.05, 4.69) is 5.32 Å². The smallest absolute Gasteiger partial charge is 0.251 e. The van der Waals surface area contributed by atoms with E-state index >= 15 is 0 Å².